The minimum absolute atomic E-state index is 0.207. The number of carbonyl (C=O) groups is 6. The first-order valence-electron chi connectivity index (χ1n) is 17.4. The molecule has 0 aromatic carbocycles. The molecule has 278 valence electrons. The lowest BCUT2D eigenvalue weighted by atomic mass is 10.0. The second-order valence-corrected chi connectivity index (χ2v) is 14.8. The molecule has 1 aliphatic heterocycles. The SMILES string of the molecule is CC(C)CC1NC(=O)OC1=O.CC(C)C[C@H](NC(=O)[C@@H](N)CC(C)C)C(=O)NCCCNC(=O)[C@H](CC(C)C)NC(=O)[C@@H](N)CC(C)C. The van der Waals surface area contributed by atoms with Crippen molar-refractivity contribution < 1.29 is 33.5 Å². The molecule has 1 rings (SSSR count). The van der Waals surface area contributed by atoms with E-state index in [0.717, 1.165) is 0 Å². The number of cyclic esters (lactones) is 2. The number of hydrogen-bond acceptors (Lipinski definition) is 9. The summed E-state index contributed by atoms with van der Waals surface area (Å²) >= 11 is 0. The van der Waals surface area contributed by atoms with Gasteiger partial charge in [0.15, 0.2) is 0 Å². The lowest BCUT2D eigenvalue weighted by molar-refractivity contribution is -0.135. The number of hydrogen-bond donors (Lipinski definition) is 7. The maximum absolute atomic E-state index is 12.7. The normalized spacial score (nSPS) is 16.9. The van der Waals surface area contributed by atoms with Gasteiger partial charge in [-0.2, -0.15) is 0 Å². The lowest BCUT2D eigenvalue weighted by Crippen LogP contribution is -2.53. The van der Waals surface area contributed by atoms with Gasteiger partial charge in [0.25, 0.3) is 0 Å². The molecule has 14 nitrogen and oxygen atoms in total. The molecule has 0 aromatic rings. The Morgan fingerprint density at radius 1 is 0.625 bits per heavy atom. The Hall–Kier alpha value is -3.26. The van der Waals surface area contributed by atoms with Gasteiger partial charge in [-0.05, 0) is 68.1 Å². The molecule has 0 aliphatic carbocycles. The zero-order valence-corrected chi connectivity index (χ0v) is 30.9. The van der Waals surface area contributed by atoms with E-state index in [9.17, 15) is 28.8 Å². The quantitative estimate of drug-likeness (QED) is 0.0566. The molecule has 1 unspecified atom stereocenters. The summed E-state index contributed by atoms with van der Waals surface area (Å²) in [5.41, 5.74) is 11.9. The fraction of sp³-hybridized carbons (Fsp3) is 0.824. The molecule has 5 amide bonds. The molecule has 0 radical (unpaired) electrons. The van der Waals surface area contributed by atoms with Crippen molar-refractivity contribution >= 4 is 35.7 Å². The molecular weight excluding hydrogens is 618 g/mol. The number of nitrogens with one attached hydrogen (secondary N) is 5. The van der Waals surface area contributed by atoms with Crippen LogP contribution in [-0.4, -0.2) is 79.0 Å². The average molecular weight is 684 g/mol. The first kappa shape index (κ1) is 44.7. The second-order valence-electron chi connectivity index (χ2n) is 14.8. The summed E-state index contributed by atoms with van der Waals surface area (Å²) in [6.07, 6.45) is 2.61. The summed E-state index contributed by atoms with van der Waals surface area (Å²) in [5, 5.41) is 13.7. The van der Waals surface area contributed by atoms with E-state index in [1.807, 2.05) is 69.2 Å². The molecule has 0 bridgehead atoms. The van der Waals surface area contributed by atoms with Crippen LogP contribution in [0.3, 0.4) is 0 Å². The van der Waals surface area contributed by atoms with Gasteiger partial charge < -0.3 is 42.8 Å². The Balaban J connectivity index is 0.00000168. The van der Waals surface area contributed by atoms with Crippen molar-refractivity contribution in [1.29, 1.82) is 0 Å². The highest BCUT2D eigenvalue weighted by Gasteiger charge is 2.32. The van der Waals surface area contributed by atoms with Crippen LogP contribution in [0.1, 0.15) is 108 Å². The first-order chi connectivity index (χ1) is 22.2. The summed E-state index contributed by atoms with van der Waals surface area (Å²) in [4.78, 5) is 71.6. The van der Waals surface area contributed by atoms with Crippen molar-refractivity contribution in [3.05, 3.63) is 0 Å². The van der Waals surface area contributed by atoms with Crippen LogP contribution in [-0.2, 0) is 28.7 Å². The predicted molar refractivity (Wildman–Crippen MR) is 186 cm³/mol. The topological polar surface area (TPSA) is 224 Å². The van der Waals surface area contributed by atoms with E-state index in [1.165, 1.54) is 0 Å². The van der Waals surface area contributed by atoms with Crippen molar-refractivity contribution in [2.45, 2.75) is 138 Å². The van der Waals surface area contributed by atoms with Gasteiger partial charge in [-0.25, -0.2) is 9.59 Å². The number of ether oxygens (including phenoxy) is 1. The van der Waals surface area contributed by atoms with Crippen LogP contribution in [0.4, 0.5) is 4.79 Å². The molecule has 1 aliphatic rings. The summed E-state index contributed by atoms with van der Waals surface area (Å²) in [6, 6.07) is -3.07. The zero-order valence-electron chi connectivity index (χ0n) is 30.9. The number of nitrogens with two attached hydrogens (primary N) is 2. The highest BCUT2D eigenvalue weighted by atomic mass is 16.6. The number of rotatable bonds is 20. The molecule has 1 heterocycles. The van der Waals surface area contributed by atoms with Crippen molar-refractivity contribution in [3.8, 4) is 0 Å². The number of amides is 5. The van der Waals surface area contributed by atoms with Gasteiger partial charge in [0.05, 0.1) is 12.1 Å². The Morgan fingerprint density at radius 3 is 1.29 bits per heavy atom. The van der Waals surface area contributed by atoms with E-state index in [1.54, 1.807) is 0 Å². The fourth-order valence-corrected chi connectivity index (χ4v) is 4.97. The molecule has 9 N–H and O–H groups in total. The number of alkyl carbamates (subject to hydrolysis) is 1. The molecule has 0 saturated carbocycles. The summed E-state index contributed by atoms with van der Waals surface area (Å²) in [7, 11) is 0. The van der Waals surface area contributed by atoms with Crippen LogP contribution in [0.5, 0.6) is 0 Å². The van der Waals surface area contributed by atoms with Gasteiger partial charge >= 0.3 is 12.1 Å². The molecular formula is C34H65N7O7. The third kappa shape index (κ3) is 20.2. The van der Waals surface area contributed by atoms with E-state index in [0.29, 0.717) is 57.5 Å². The Labute approximate surface area is 287 Å². The third-order valence-corrected chi connectivity index (χ3v) is 7.23. The van der Waals surface area contributed by atoms with Crippen LogP contribution in [0, 0.1) is 29.6 Å². The summed E-state index contributed by atoms with van der Waals surface area (Å²) in [5.74, 6) is -0.298. The standard InChI is InChI=1S/C27H54N6O4.C7H11NO3/c1-16(2)12-20(28)24(34)32-22(14-18(5)6)26(36)30-10-9-11-31-27(37)23(15-19(7)8)33-25(35)21(29)13-17(3)4;1-4(2)3-5-6(9)11-7(10)8-5/h16-23H,9-15,28-29H2,1-8H3,(H,30,36)(H,31,37)(H,32,34)(H,33,35);4-5H,3H2,1-2H3,(H,8,10)/t20-,21-,22-,23-;/m0./s1. The Bertz CT molecular complexity index is 975. The number of esters is 1. The minimum atomic E-state index is -0.666. The van der Waals surface area contributed by atoms with Crippen LogP contribution in [0.2, 0.25) is 0 Å². The molecule has 14 heteroatoms. The third-order valence-electron chi connectivity index (χ3n) is 7.23. The Kier molecular flexibility index (Phi) is 21.6. The maximum Gasteiger partial charge on any atom is 0.415 e. The van der Waals surface area contributed by atoms with E-state index >= 15 is 0 Å². The smallest absolute Gasteiger partial charge is 0.375 e. The molecule has 0 aromatic heterocycles. The van der Waals surface area contributed by atoms with Crippen LogP contribution in [0.15, 0.2) is 0 Å². The molecule has 5 atom stereocenters. The first-order valence-corrected chi connectivity index (χ1v) is 17.4. The fourth-order valence-electron chi connectivity index (χ4n) is 4.97. The van der Waals surface area contributed by atoms with Crippen LogP contribution < -0.4 is 38.1 Å². The molecule has 48 heavy (non-hydrogen) atoms. The van der Waals surface area contributed by atoms with Crippen molar-refractivity contribution in [2.75, 3.05) is 13.1 Å². The molecule has 0 spiro atoms. The van der Waals surface area contributed by atoms with Crippen molar-refractivity contribution in [1.82, 2.24) is 26.6 Å². The molecule has 1 saturated heterocycles. The van der Waals surface area contributed by atoms with Crippen LogP contribution in [0.25, 0.3) is 0 Å². The zero-order chi connectivity index (χ0) is 37.1. The van der Waals surface area contributed by atoms with Gasteiger partial charge in [-0.1, -0.05) is 69.2 Å². The van der Waals surface area contributed by atoms with E-state index in [4.69, 9.17) is 11.5 Å². The second kappa shape index (κ2) is 23.2. The monoisotopic (exact) mass is 683 g/mol. The Morgan fingerprint density at radius 2 is 1.00 bits per heavy atom. The van der Waals surface area contributed by atoms with Crippen molar-refractivity contribution in [2.24, 2.45) is 41.1 Å². The maximum atomic E-state index is 12.7. The van der Waals surface area contributed by atoms with Crippen LogP contribution >= 0.6 is 0 Å². The van der Waals surface area contributed by atoms with E-state index < -0.39 is 42.3 Å². The van der Waals surface area contributed by atoms with Gasteiger partial charge in [0.1, 0.15) is 18.1 Å². The van der Waals surface area contributed by atoms with Gasteiger partial charge in [0, 0.05) is 13.1 Å². The highest BCUT2D eigenvalue weighted by Crippen LogP contribution is 2.11. The predicted octanol–water partition coefficient (Wildman–Crippen LogP) is 2.09. The number of carbonyl (C=O) groups excluding carboxylic acids is 6. The molecule has 1 fully saturated rings. The largest absolute Gasteiger partial charge is 0.415 e. The lowest BCUT2D eigenvalue weighted by Gasteiger charge is -2.23. The summed E-state index contributed by atoms with van der Waals surface area (Å²) < 4.78 is 4.29. The van der Waals surface area contributed by atoms with E-state index in [-0.39, 0.29) is 47.3 Å². The minimum Gasteiger partial charge on any atom is -0.375 e. The van der Waals surface area contributed by atoms with Gasteiger partial charge in [0.2, 0.25) is 23.6 Å². The van der Waals surface area contributed by atoms with Gasteiger partial charge in [-0.3, -0.25) is 19.2 Å². The summed E-state index contributed by atoms with van der Waals surface area (Å²) in [6.45, 7) is 20.5. The average Bonchev–Trinajstić information content (AvgIpc) is 3.25. The highest BCUT2D eigenvalue weighted by molar-refractivity contribution is 5.95. The van der Waals surface area contributed by atoms with Crippen molar-refractivity contribution in [3.63, 3.8) is 0 Å². The van der Waals surface area contributed by atoms with E-state index in [2.05, 4.69) is 31.3 Å². The van der Waals surface area contributed by atoms with Gasteiger partial charge in [-0.15, -0.1) is 0 Å².